The molecule has 0 bridgehead atoms. The molecule has 88 valence electrons. The van der Waals surface area contributed by atoms with Gasteiger partial charge < -0.3 is 10.6 Å². The Kier molecular flexibility index (Phi) is 3.39. The molecule has 2 aromatic rings. The quantitative estimate of drug-likeness (QED) is 0.844. The van der Waals surface area contributed by atoms with Crippen LogP contribution in [0.1, 0.15) is 15.2 Å². The molecule has 1 heterocycles. The monoisotopic (exact) mass is 247 g/mol. The fourth-order valence-corrected chi connectivity index (χ4v) is 2.09. The van der Waals surface area contributed by atoms with Gasteiger partial charge in [0.15, 0.2) is 0 Å². The molecule has 1 aromatic heterocycles. The van der Waals surface area contributed by atoms with Gasteiger partial charge in [-0.2, -0.15) is 0 Å². The van der Waals surface area contributed by atoms with E-state index in [2.05, 4.69) is 4.98 Å². The third-order valence-corrected chi connectivity index (χ3v) is 3.15. The average Bonchev–Trinajstić information content (AvgIpc) is 2.84. The molecular weight excluding hydrogens is 234 g/mol. The zero-order valence-corrected chi connectivity index (χ0v) is 10.3. The molecule has 1 amide bonds. The predicted molar refractivity (Wildman–Crippen MR) is 68.8 cm³/mol. The first-order valence-corrected chi connectivity index (χ1v) is 6.03. The van der Waals surface area contributed by atoms with E-state index in [9.17, 15) is 4.79 Å². The first-order chi connectivity index (χ1) is 8.16. The number of amides is 1. The van der Waals surface area contributed by atoms with Gasteiger partial charge in [-0.05, 0) is 17.7 Å². The molecule has 0 aliphatic heterocycles. The van der Waals surface area contributed by atoms with Gasteiger partial charge in [0.1, 0.15) is 4.88 Å². The van der Waals surface area contributed by atoms with E-state index >= 15 is 0 Å². The summed E-state index contributed by atoms with van der Waals surface area (Å²) >= 11 is 1.35. The van der Waals surface area contributed by atoms with E-state index in [1.165, 1.54) is 11.3 Å². The third kappa shape index (κ3) is 2.82. The molecule has 0 saturated carbocycles. The van der Waals surface area contributed by atoms with Crippen molar-refractivity contribution in [3.63, 3.8) is 0 Å². The lowest BCUT2D eigenvalue weighted by atomic mass is 10.2. The number of benzene rings is 1. The Morgan fingerprint density at radius 3 is 2.71 bits per heavy atom. The molecule has 2 rings (SSSR count). The van der Waals surface area contributed by atoms with Crippen LogP contribution in [0, 0.1) is 0 Å². The first-order valence-electron chi connectivity index (χ1n) is 5.15. The van der Waals surface area contributed by atoms with Crippen LogP contribution < -0.4 is 5.73 Å². The molecule has 0 atom stereocenters. The molecule has 2 N–H and O–H groups in total. The summed E-state index contributed by atoms with van der Waals surface area (Å²) in [5, 5.41) is 0. The minimum absolute atomic E-state index is 0.00988. The number of carbonyl (C=O) groups is 1. The van der Waals surface area contributed by atoms with E-state index < -0.39 is 0 Å². The fraction of sp³-hybridized carbons (Fsp3) is 0.167. The highest BCUT2D eigenvalue weighted by molar-refractivity contribution is 7.11. The smallest absolute Gasteiger partial charge is 0.265 e. The average molecular weight is 247 g/mol. The molecule has 1 aromatic carbocycles. The maximum absolute atomic E-state index is 11.9. The van der Waals surface area contributed by atoms with Crippen LogP contribution in [0.5, 0.6) is 0 Å². The van der Waals surface area contributed by atoms with E-state index in [0.717, 1.165) is 11.3 Å². The molecule has 5 heteroatoms. The highest BCUT2D eigenvalue weighted by Gasteiger charge is 2.13. The number of rotatable bonds is 3. The largest absolute Gasteiger partial charge is 0.399 e. The van der Waals surface area contributed by atoms with Gasteiger partial charge >= 0.3 is 0 Å². The van der Waals surface area contributed by atoms with Crippen LogP contribution in [-0.4, -0.2) is 22.8 Å². The number of hydrogen-bond donors (Lipinski definition) is 1. The summed E-state index contributed by atoms with van der Waals surface area (Å²) in [4.78, 5) is 18.2. The van der Waals surface area contributed by atoms with Crippen molar-refractivity contribution in [3.8, 4) is 0 Å². The van der Waals surface area contributed by atoms with Crippen molar-refractivity contribution in [1.82, 2.24) is 9.88 Å². The van der Waals surface area contributed by atoms with Gasteiger partial charge in [0, 0.05) is 19.3 Å². The SMILES string of the molecule is CN(Cc1ccc(N)cc1)C(=O)c1cncs1. The summed E-state index contributed by atoms with van der Waals surface area (Å²) in [6, 6.07) is 7.51. The van der Waals surface area contributed by atoms with Crippen LogP contribution in [-0.2, 0) is 6.54 Å². The molecule has 0 radical (unpaired) electrons. The topological polar surface area (TPSA) is 59.2 Å². The maximum Gasteiger partial charge on any atom is 0.265 e. The van der Waals surface area contributed by atoms with Crippen molar-refractivity contribution < 1.29 is 4.79 Å². The van der Waals surface area contributed by atoms with Crippen LogP contribution in [0.25, 0.3) is 0 Å². The van der Waals surface area contributed by atoms with E-state index in [1.54, 1.807) is 23.7 Å². The van der Waals surface area contributed by atoms with Crippen LogP contribution >= 0.6 is 11.3 Å². The Morgan fingerprint density at radius 1 is 1.41 bits per heavy atom. The van der Waals surface area contributed by atoms with Crippen molar-refractivity contribution in [2.24, 2.45) is 0 Å². The van der Waals surface area contributed by atoms with E-state index in [-0.39, 0.29) is 5.91 Å². The predicted octanol–water partition coefficient (Wildman–Crippen LogP) is 2.00. The minimum Gasteiger partial charge on any atom is -0.399 e. The summed E-state index contributed by atoms with van der Waals surface area (Å²) in [6.07, 6.45) is 1.59. The van der Waals surface area contributed by atoms with Crippen LogP contribution in [0.3, 0.4) is 0 Å². The Labute approximate surface area is 104 Å². The first kappa shape index (κ1) is 11.6. The number of thiazole rings is 1. The lowest BCUT2D eigenvalue weighted by molar-refractivity contribution is 0.0789. The Bertz CT molecular complexity index is 493. The summed E-state index contributed by atoms with van der Waals surface area (Å²) < 4.78 is 0. The van der Waals surface area contributed by atoms with Crippen molar-refractivity contribution in [1.29, 1.82) is 0 Å². The molecule has 0 unspecified atom stereocenters. The number of nitrogens with two attached hydrogens (primary N) is 1. The lowest BCUT2D eigenvalue weighted by Crippen LogP contribution is -2.25. The molecule has 0 spiro atoms. The second-order valence-electron chi connectivity index (χ2n) is 3.77. The second kappa shape index (κ2) is 4.97. The van der Waals surface area contributed by atoms with Crippen LogP contribution in [0.4, 0.5) is 5.69 Å². The van der Waals surface area contributed by atoms with Crippen LogP contribution in [0.2, 0.25) is 0 Å². The van der Waals surface area contributed by atoms with Crippen LogP contribution in [0.15, 0.2) is 36.0 Å². The van der Waals surface area contributed by atoms with E-state index in [0.29, 0.717) is 11.4 Å². The summed E-state index contributed by atoms with van der Waals surface area (Å²) in [5.41, 5.74) is 9.05. The number of nitrogen functional groups attached to an aromatic ring is 1. The molecule has 0 aliphatic rings. The van der Waals surface area contributed by atoms with Crippen molar-refractivity contribution in [2.45, 2.75) is 6.54 Å². The van der Waals surface area contributed by atoms with Crippen molar-refractivity contribution in [2.75, 3.05) is 12.8 Å². The van der Waals surface area contributed by atoms with E-state index in [4.69, 9.17) is 5.73 Å². The standard InChI is InChI=1S/C12H13N3OS/c1-15(12(16)11-6-14-8-17-11)7-9-2-4-10(13)5-3-9/h2-6,8H,7,13H2,1H3. The number of nitrogens with zero attached hydrogens (tertiary/aromatic N) is 2. The van der Waals surface area contributed by atoms with Gasteiger partial charge in [-0.3, -0.25) is 9.78 Å². The Balaban J connectivity index is 2.04. The van der Waals surface area contributed by atoms with Gasteiger partial charge in [0.2, 0.25) is 0 Å². The number of hydrogen-bond acceptors (Lipinski definition) is 4. The molecular formula is C12H13N3OS. The number of anilines is 1. The van der Waals surface area contributed by atoms with Crippen molar-refractivity contribution >= 4 is 22.9 Å². The van der Waals surface area contributed by atoms with Crippen molar-refractivity contribution in [3.05, 3.63) is 46.4 Å². The zero-order valence-electron chi connectivity index (χ0n) is 9.46. The zero-order chi connectivity index (χ0) is 12.3. The summed E-state index contributed by atoms with van der Waals surface area (Å²) in [5.74, 6) is -0.00988. The molecule has 0 fully saturated rings. The van der Waals surface area contributed by atoms with E-state index in [1.807, 2.05) is 24.3 Å². The lowest BCUT2D eigenvalue weighted by Gasteiger charge is -2.16. The van der Waals surface area contributed by atoms with Gasteiger partial charge in [-0.1, -0.05) is 12.1 Å². The summed E-state index contributed by atoms with van der Waals surface area (Å²) in [6.45, 7) is 0.566. The Hall–Kier alpha value is -1.88. The van der Waals surface area contributed by atoms with Gasteiger partial charge in [0.25, 0.3) is 5.91 Å². The molecule has 0 aliphatic carbocycles. The summed E-state index contributed by atoms with van der Waals surface area (Å²) in [7, 11) is 1.78. The highest BCUT2D eigenvalue weighted by atomic mass is 32.1. The fourth-order valence-electron chi connectivity index (χ4n) is 1.48. The number of aromatic nitrogens is 1. The molecule has 17 heavy (non-hydrogen) atoms. The number of carbonyl (C=O) groups excluding carboxylic acids is 1. The minimum atomic E-state index is -0.00988. The maximum atomic E-state index is 11.9. The van der Waals surface area contributed by atoms with Gasteiger partial charge in [-0.15, -0.1) is 11.3 Å². The van der Waals surface area contributed by atoms with Gasteiger partial charge in [-0.25, -0.2) is 0 Å². The molecule has 4 nitrogen and oxygen atoms in total. The third-order valence-electron chi connectivity index (χ3n) is 2.39. The normalized spacial score (nSPS) is 10.2. The second-order valence-corrected chi connectivity index (χ2v) is 4.65. The Morgan fingerprint density at radius 2 is 2.12 bits per heavy atom. The molecule has 0 saturated heterocycles. The van der Waals surface area contributed by atoms with Gasteiger partial charge in [0.05, 0.1) is 11.7 Å². The highest BCUT2D eigenvalue weighted by Crippen LogP contribution is 2.12.